The highest BCUT2D eigenvalue weighted by molar-refractivity contribution is 5.25. The zero-order chi connectivity index (χ0) is 12.1. The largest absolute Gasteiger partial charge is 0.373 e. The van der Waals surface area contributed by atoms with Crippen LogP contribution in [0.4, 0.5) is 5.95 Å². The molecule has 2 rings (SSSR count). The molecular weight excluding hydrogens is 214 g/mol. The standard InChI is InChI=1S/C13H23N3O/c1-3-4-7-14-12-15-8-9-16(12)11-13(2)6-5-10-17-13/h8-9H,3-7,10-11H2,1-2H3,(H,14,15). The van der Waals surface area contributed by atoms with Crippen LogP contribution in [-0.2, 0) is 11.3 Å². The first-order chi connectivity index (χ1) is 8.23. The van der Waals surface area contributed by atoms with Gasteiger partial charge in [0.05, 0.1) is 12.1 Å². The number of anilines is 1. The number of hydrogen-bond acceptors (Lipinski definition) is 3. The van der Waals surface area contributed by atoms with Crippen LogP contribution < -0.4 is 5.32 Å². The highest BCUT2D eigenvalue weighted by atomic mass is 16.5. The van der Waals surface area contributed by atoms with Gasteiger partial charge in [-0.2, -0.15) is 0 Å². The molecule has 0 amide bonds. The Bertz CT molecular complexity index is 342. The number of ether oxygens (including phenoxy) is 1. The highest BCUT2D eigenvalue weighted by Gasteiger charge is 2.30. The smallest absolute Gasteiger partial charge is 0.202 e. The Labute approximate surface area is 103 Å². The lowest BCUT2D eigenvalue weighted by Gasteiger charge is -2.24. The van der Waals surface area contributed by atoms with Crippen LogP contribution in [0.1, 0.15) is 39.5 Å². The van der Waals surface area contributed by atoms with Gasteiger partial charge in [-0.3, -0.25) is 0 Å². The summed E-state index contributed by atoms with van der Waals surface area (Å²) in [5.41, 5.74) is -0.0120. The van der Waals surface area contributed by atoms with Gasteiger partial charge in [-0.05, 0) is 26.2 Å². The van der Waals surface area contributed by atoms with E-state index in [0.29, 0.717) is 0 Å². The molecule has 17 heavy (non-hydrogen) atoms. The van der Waals surface area contributed by atoms with Gasteiger partial charge in [0.25, 0.3) is 0 Å². The maximum Gasteiger partial charge on any atom is 0.202 e. The lowest BCUT2D eigenvalue weighted by Crippen LogP contribution is -2.30. The molecular formula is C13H23N3O. The van der Waals surface area contributed by atoms with E-state index in [0.717, 1.165) is 32.1 Å². The lowest BCUT2D eigenvalue weighted by atomic mass is 10.0. The zero-order valence-electron chi connectivity index (χ0n) is 10.9. The van der Waals surface area contributed by atoms with Gasteiger partial charge in [0.2, 0.25) is 5.95 Å². The van der Waals surface area contributed by atoms with Crippen molar-refractivity contribution in [3.8, 4) is 0 Å². The van der Waals surface area contributed by atoms with Crippen LogP contribution in [0.5, 0.6) is 0 Å². The fourth-order valence-electron chi connectivity index (χ4n) is 2.30. The van der Waals surface area contributed by atoms with Crippen molar-refractivity contribution in [2.24, 2.45) is 0 Å². The number of rotatable bonds is 6. The van der Waals surface area contributed by atoms with Gasteiger partial charge >= 0.3 is 0 Å². The molecule has 0 saturated carbocycles. The van der Waals surface area contributed by atoms with Crippen LogP contribution in [0.15, 0.2) is 12.4 Å². The normalized spacial score (nSPS) is 24.1. The Kier molecular flexibility index (Phi) is 4.05. The molecule has 0 radical (unpaired) electrons. The summed E-state index contributed by atoms with van der Waals surface area (Å²) < 4.78 is 7.99. The molecule has 0 spiro atoms. The van der Waals surface area contributed by atoms with E-state index in [1.54, 1.807) is 0 Å². The second-order valence-corrected chi connectivity index (χ2v) is 5.06. The summed E-state index contributed by atoms with van der Waals surface area (Å²) in [6.45, 7) is 7.16. The molecule has 1 N–H and O–H groups in total. The predicted molar refractivity (Wildman–Crippen MR) is 69.2 cm³/mol. The molecule has 2 heterocycles. The summed E-state index contributed by atoms with van der Waals surface area (Å²) in [4.78, 5) is 4.36. The first-order valence-corrected chi connectivity index (χ1v) is 6.62. The SMILES string of the molecule is CCCCNc1nccn1CC1(C)CCCO1. The van der Waals surface area contributed by atoms with Crippen molar-refractivity contribution >= 4 is 5.95 Å². The molecule has 1 unspecified atom stereocenters. The Balaban J connectivity index is 1.93. The van der Waals surface area contributed by atoms with E-state index in [9.17, 15) is 0 Å². The third-order valence-corrected chi connectivity index (χ3v) is 3.33. The summed E-state index contributed by atoms with van der Waals surface area (Å²) >= 11 is 0. The van der Waals surface area contributed by atoms with E-state index >= 15 is 0 Å². The molecule has 1 fully saturated rings. The van der Waals surface area contributed by atoms with Crippen molar-refractivity contribution in [1.82, 2.24) is 9.55 Å². The second kappa shape index (κ2) is 5.54. The summed E-state index contributed by atoms with van der Waals surface area (Å²) in [7, 11) is 0. The predicted octanol–water partition coefficient (Wildman–Crippen LogP) is 2.66. The monoisotopic (exact) mass is 237 g/mol. The Morgan fingerprint density at radius 3 is 3.18 bits per heavy atom. The minimum atomic E-state index is -0.0120. The van der Waals surface area contributed by atoms with Crippen LogP contribution in [0, 0.1) is 0 Å². The highest BCUT2D eigenvalue weighted by Crippen LogP contribution is 2.27. The Morgan fingerprint density at radius 2 is 2.47 bits per heavy atom. The van der Waals surface area contributed by atoms with Crippen LogP contribution in [0.25, 0.3) is 0 Å². The van der Waals surface area contributed by atoms with Gasteiger partial charge in [0.1, 0.15) is 0 Å². The molecule has 1 aliphatic rings. The van der Waals surface area contributed by atoms with E-state index in [1.807, 2.05) is 12.4 Å². The molecule has 1 aromatic heterocycles. The van der Waals surface area contributed by atoms with E-state index in [1.165, 1.54) is 19.3 Å². The van der Waals surface area contributed by atoms with Gasteiger partial charge in [0, 0.05) is 25.5 Å². The van der Waals surface area contributed by atoms with Crippen molar-refractivity contribution < 1.29 is 4.74 Å². The van der Waals surface area contributed by atoms with Crippen molar-refractivity contribution in [2.75, 3.05) is 18.5 Å². The van der Waals surface area contributed by atoms with E-state index in [2.05, 4.69) is 28.7 Å². The third-order valence-electron chi connectivity index (χ3n) is 3.33. The zero-order valence-corrected chi connectivity index (χ0v) is 10.9. The van der Waals surface area contributed by atoms with Crippen molar-refractivity contribution in [2.45, 2.75) is 51.7 Å². The molecule has 0 aromatic carbocycles. The third kappa shape index (κ3) is 3.22. The maximum absolute atomic E-state index is 5.82. The minimum absolute atomic E-state index is 0.0120. The van der Waals surface area contributed by atoms with Crippen LogP contribution >= 0.6 is 0 Å². The number of imidazole rings is 1. The van der Waals surface area contributed by atoms with Gasteiger partial charge in [-0.15, -0.1) is 0 Å². The van der Waals surface area contributed by atoms with Crippen molar-refractivity contribution in [3.05, 3.63) is 12.4 Å². The topological polar surface area (TPSA) is 39.1 Å². The number of nitrogens with one attached hydrogen (secondary N) is 1. The Morgan fingerprint density at radius 1 is 1.59 bits per heavy atom. The quantitative estimate of drug-likeness (QED) is 0.773. The maximum atomic E-state index is 5.82. The molecule has 0 bridgehead atoms. The van der Waals surface area contributed by atoms with E-state index in [4.69, 9.17) is 4.74 Å². The van der Waals surface area contributed by atoms with Crippen molar-refractivity contribution in [3.63, 3.8) is 0 Å². The van der Waals surface area contributed by atoms with Gasteiger partial charge in [-0.1, -0.05) is 13.3 Å². The number of nitrogens with zero attached hydrogens (tertiary/aromatic N) is 2. The van der Waals surface area contributed by atoms with E-state index in [-0.39, 0.29) is 5.60 Å². The van der Waals surface area contributed by atoms with Crippen LogP contribution in [0.3, 0.4) is 0 Å². The fourth-order valence-corrected chi connectivity index (χ4v) is 2.30. The second-order valence-electron chi connectivity index (χ2n) is 5.06. The van der Waals surface area contributed by atoms with Crippen LogP contribution in [0.2, 0.25) is 0 Å². The molecule has 4 heteroatoms. The first-order valence-electron chi connectivity index (χ1n) is 6.62. The van der Waals surface area contributed by atoms with Gasteiger partial charge in [0.15, 0.2) is 0 Å². The summed E-state index contributed by atoms with van der Waals surface area (Å²) in [6, 6.07) is 0. The number of unbranched alkanes of at least 4 members (excludes halogenated alkanes) is 1. The Hall–Kier alpha value is -1.03. The molecule has 1 saturated heterocycles. The molecule has 1 atom stereocenters. The van der Waals surface area contributed by atoms with Crippen LogP contribution in [-0.4, -0.2) is 28.3 Å². The summed E-state index contributed by atoms with van der Waals surface area (Å²) in [5.74, 6) is 0.968. The van der Waals surface area contributed by atoms with Gasteiger partial charge < -0.3 is 14.6 Å². The van der Waals surface area contributed by atoms with Gasteiger partial charge in [-0.25, -0.2) is 4.98 Å². The van der Waals surface area contributed by atoms with Crippen molar-refractivity contribution in [1.29, 1.82) is 0 Å². The average Bonchev–Trinajstić information content (AvgIpc) is 2.90. The molecule has 1 aliphatic heterocycles. The molecule has 1 aromatic rings. The summed E-state index contributed by atoms with van der Waals surface area (Å²) in [5, 5.41) is 3.38. The number of hydrogen-bond donors (Lipinski definition) is 1. The number of aromatic nitrogens is 2. The fraction of sp³-hybridized carbons (Fsp3) is 0.769. The molecule has 96 valence electrons. The lowest BCUT2D eigenvalue weighted by molar-refractivity contribution is 0.00664. The average molecular weight is 237 g/mol. The first kappa shape index (κ1) is 12.4. The van der Waals surface area contributed by atoms with E-state index < -0.39 is 0 Å². The minimum Gasteiger partial charge on any atom is -0.373 e. The molecule has 4 nitrogen and oxygen atoms in total. The molecule has 0 aliphatic carbocycles. The summed E-state index contributed by atoms with van der Waals surface area (Å²) in [6.07, 6.45) is 8.58.